The van der Waals surface area contributed by atoms with Crippen molar-refractivity contribution in [3.8, 4) is 0 Å². The van der Waals surface area contributed by atoms with Crippen LogP contribution in [0.3, 0.4) is 0 Å². The molecule has 49 heavy (non-hydrogen) atoms. The number of halogens is 3. The first kappa shape index (κ1) is 48.1. The molecule has 0 heterocycles. The Bertz CT molecular complexity index is 886. The lowest BCUT2D eigenvalue weighted by molar-refractivity contribution is -0.192. The Kier molecular flexibility index (Phi) is 32.8. The number of aliphatic imine (C=N–C) groups is 1. The van der Waals surface area contributed by atoms with Gasteiger partial charge in [-0.1, -0.05) is 135 Å². The molecule has 0 saturated heterocycles. The third kappa shape index (κ3) is 37.6. The minimum atomic E-state index is -5.08. The molecule has 1 atom stereocenters. The zero-order chi connectivity index (χ0) is 37.2. The molecule has 11 nitrogen and oxygen atoms in total. The molecule has 14 heteroatoms. The summed E-state index contributed by atoms with van der Waals surface area (Å²) >= 11 is 0. The van der Waals surface area contributed by atoms with E-state index in [0.29, 0.717) is 25.8 Å². The molecule has 9 N–H and O–H groups in total. The van der Waals surface area contributed by atoms with Crippen LogP contribution in [0.4, 0.5) is 13.2 Å². The van der Waals surface area contributed by atoms with Gasteiger partial charge in [0, 0.05) is 25.9 Å². The third-order valence-electron chi connectivity index (χ3n) is 8.05. The maximum absolute atomic E-state index is 12.1. The second kappa shape index (κ2) is 33.4. The summed E-state index contributed by atoms with van der Waals surface area (Å²) in [5, 5.41) is 12.5. The molecule has 0 saturated carbocycles. The minimum absolute atomic E-state index is 0.0176. The smallest absolute Gasteiger partial charge is 0.475 e. The first-order valence-corrected chi connectivity index (χ1v) is 18.5. The quantitative estimate of drug-likeness (QED) is 0.0259. The highest BCUT2D eigenvalue weighted by atomic mass is 19.4. The van der Waals surface area contributed by atoms with E-state index in [2.05, 4.69) is 22.5 Å². The van der Waals surface area contributed by atoms with E-state index in [1.54, 1.807) is 0 Å². The fraction of sp³-hybridized carbons (Fsp3) is 0.857. The number of unbranched alkanes of at least 4 members (excludes halogenated alkanes) is 20. The van der Waals surface area contributed by atoms with Gasteiger partial charge in [-0.25, -0.2) is 4.79 Å². The van der Waals surface area contributed by atoms with Crippen molar-refractivity contribution in [2.45, 2.75) is 180 Å². The number of amides is 3. The summed E-state index contributed by atoms with van der Waals surface area (Å²) in [6, 6.07) is -0.776. The number of alkyl halides is 3. The lowest BCUT2D eigenvalue weighted by Gasteiger charge is -2.15. The maximum Gasteiger partial charge on any atom is 0.490 e. The van der Waals surface area contributed by atoms with Crippen LogP contribution in [-0.4, -0.2) is 60.1 Å². The third-order valence-corrected chi connectivity index (χ3v) is 8.05. The number of rotatable bonds is 31. The van der Waals surface area contributed by atoms with E-state index in [-0.39, 0.29) is 30.7 Å². The number of carboxylic acids is 1. The number of nitrogens with two attached hydrogens (primary N) is 3. The van der Waals surface area contributed by atoms with E-state index in [1.165, 1.54) is 122 Å². The van der Waals surface area contributed by atoms with Gasteiger partial charge in [-0.05, 0) is 19.3 Å². The van der Waals surface area contributed by atoms with Crippen LogP contribution >= 0.6 is 0 Å². The van der Waals surface area contributed by atoms with E-state index < -0.39 is 24.1 Å². The van der Waals surface area contributed by atoms with Gasteiger partial charge >= 0.3 is 12.1 Å². The van der Waals surface area contributed by atoms with Gasteiger partial charge < -0.3 is 32.9 Å². The van der Waals surface area contributed by atoms with Gasteiger partial charge in [0.15, 0.2) is 5.96 Å². The van der Waals surface area contributed by atoms with E-state index in [0.717, 1.165) is 12.8 Å². The van der Waals surface area contributed by atoms with Crippen molar-refractivity contribution in [2.75, 3.05) is 13.1 Å². The average Bonchev–Trinajstić information content (AvgIpc) is 3.02. The SMILES string of the molecule is CCCCCCCCCCCCCCCCCCCCCCCC(=O)NCCC(=O)N[C@@H](CCCN=C(N)N)C(N)=O.O=C(O)C(F)(F)F. The number of hydrogen-bond acceptors (Lipinski definition) is 5. The monoisotopic (exact) mass is 709 g/mol. The normalized spacial score (nSPS) is 11.6. The van der Waals surface area contributed by atoms with Crippen LogP contribution in [-0.2, 0) is 19.2 Å². The molecule has 0 aliphatic carbocycles. The molecule has 0 aliphatic heterocycles. The first-order valence-electron chi connectivity index (χ1n) is 18.5. The topological polar surface area (TPSA) is 203 Å². The van der Waals surface area contributed by atoms with Gasteiger partial charge in [0.2, 0.25) is 17.7 Å². The van der Waals surface area contributed by atoms with Gasteiger partial charge in [-0.2, -0.15) is 13.2 Å². The van der Waals surface area contributed by atoms with Crippen LogP contribution < -0.4 is 27.8 Å². The van der Waals surface area contributed by atoms with Crippen LogP contribution in [0.5, 0.6) is 0 Å². The van der Waals surface area contributed by atoms with Crippen molar-refractivity contribution < 1.29 is 37.5 Å². The molecule has 0 bridgehead atoms. The number of nitrogens with one attached hydrogen (secondary N) is 2. The Morgan fingerprint density at radius 3 is 1.37 bits per heavy atom. The number of carbonyl (C=O) groups excluding carboxylic acids is 3. The van der Waals surface area contributed by atoms with Gasteiger partial charge in [0.1, 0.15) is 6.04 Å². The predicted octanol–water partition coefficient (Wildman–Crippen LogP) is 6.75. The molecule has 0 aromatic carbocycles. The Morgan fingerprint density at radius 2 is 1.02 bits per heavy atom. The molecule has 3 amide bonds. The fourth-order valence-corrected chi connectivity index (χ4v) is 5.18. The number of aliphatic carboxylic acids is 1. The van der Waals surface area contributed by atoms with Crippen LogP contribution in [0.15, 0.2) is 4.99 Å². The number of carboxylic acid groups (broad SMARTS) is 1. The molecule has 0 spiro atoms. The van der Waals surface area contributed by atoms with Crippen molar-refractivity contribution in [3.05, 3.63) is 0 Å². The zero-order valence-corrected chi connectivity index (χ0v) is 30.1. The number of guanidine groups is 1. The van der Waals surface area contributed by atoms with Gasteiger partial charge in [-0.3, -0.25) is 19.4 Å². The molecular formula is C35H67F3N6O5. The minimum Gasteiger partial charge on any atom is -0.475 e. The van der Waals surface area contributed by atoms with Crippen molar-refractivity contribution >= 4 is 29.7 Å². The summed E-state index contributed by atoms with van der Waals surface area (Å²) < 4.78 is 31.7. The summed E-state index contributed by atoms with van der Waals surface area (Å²) in [5.74, 6) is -3.74. The fourth-order valence-electron chi connectivity index (χ4n) is 5.18. The Morgan fingerprint density at radius 1 is 0.633 bits per heavy atom. The molecule has 0 aromatic heterocycles. The van der Waals surface area contributed by atoms with Crippen LogP contribution in [0.1, 0.15) is 167 Å². The number of hydrogen-bond donors (Lipinski definition) is 6. The van der Waals surface area contributed by atoms with E-state index >= 15 is 0 Å². The van der Waals surface area contributed by atoms with Crippen molar-refractivity contribution in [1.29, 1.82) is 0 Å². The molecule has 0 fully saturated rings. The van der Waals surface area contributed by atoms with Gasteiger partial charge in [0.05, 0.1) is 0 Å². The first-order chi connectivity index (χ1) is 23.3. The van der Waals surface area contributed by atoms with Crippen LogP contribution in [0.2, 0.25) is 0 Å². The van der Waals surface area contributed by atoms with Crippen molar-refractivity contribution in [2.24, 2.45) is 22.2 Å². The Hall–Kier alpha value is -3.06. The number of primary amides is 1. The second-order valence-corrected chi connectivity index (χ2v) is 12.7. The van der Waals surface area contributed by atoms with E-state index in [9.17, 15) is 27.6 Å². The van der Waals surface area contributed by atoms with Gasteiger partial charge in [0.25, 0.3) is 0 Å². The molecular weight excluding hydrogens is 641 g/mol. The van der Waals surface area contributed by atoms with E-state index in [1.807, 2.05) is 0 Å². The maximum atomic E-state index is 12.1. The summed E-state index contributed by atoms with van der Waals surface area (Å²) in [6.45, 7) is 2.88. The molecule has 0 rings (SSSR count). The summed E-state index contributed by atoms with van der Waals surface area (Å²) in [5.41, 5.74) is 15.9. The summed E-state index contributed by atoms with van der Waals surface area (Å²) in [7, 11) is 0. The summed E-state index contributed by atoms with van der Waals surface area (Å²) in [6.07, 6.45) is 24.5. The molecule has 0 radical (unpaired) electrons. The second-order valence-electron chi connectivity index (χ2n) is 12.7. The van der Waals surface area contributed by atoms with Crippen molar-refractivity contribution in [3.63, 3.8) is 0 Å². The molecule has 0 aromatic rings. The van der Waals surface area contributed by atoms with Crippen LogP contribution in [0, 0.1) is 0 Å². The average molecular weight is 709 g/mol. The number of nitrogens with zero attached hydrogens (tertiary/aromatic N) is 1. The van der Waals surface area contributed by atoms with Crippen LogP contribution in [0.25, 0.3) is 0 Å². The zero-order valence-electron chi connectivity index (χ0n) is 30.1. The van der Waals surface area contributed by atoms with Crippen molar-refractivity contribution in [1.82, 2.24) is 10.6 Å². The molecule has 0 unspecified atom stereocenters. The Labute approximate surface area is 292 Å². The lowest BCUT2D eigenvalue weighted by Crippen LogP contribution is -2.45. The highest BCUT2D eigenvalue weighted by Crippen LogP contribution is 2.15. The van der Waals surface area contributed by atoms with E-state index in [4.69, 9.17) is 27.1 Å². The highest BCUT2D eigenvalue weighted by molar-refractivity contribution is 5.86. The summed E-state index contributed by atoms with van der Waals surface area (Å²) in [4.78, 5) is 48.4. The standard InChI is InChI=1S/C33H66N6O3.C2HF3O2/c1-2-3-4-5-6-7-8-9-10-11-12-13-14-15-16-17-18-19-20-21-22-25-30(40)37-28-26-31(41)39-29(32(34)42)24-23-27-38-33(35)36;3-2(4,5)1(6)7/h29H,2-28H2,1H3,(H2,34,42)(H,37,40)(H,39,41)(H4,35,36,38);(H,6,7)/t29-;/m0./s1. The Balaban J connectivity index is 0. The highest BCUT2D eigenvalue weighted by Gasteiger charge is 2.38. The number of carbonyl (C=O) groups is 4. The largest absolute Gasteiger partial charge is 0.490 e. The predicted molar refractivity (Wildman–Crippen MR) is 190 cm³/mol. The van der Waals surface area contributed by atoms with Gasteiger partial charge in [-0.15, -0.1) is 0 Å². The lowest BCUT2D eigenvalue weighted by atomic mass is 10.0. The molecule has 288 valence electrons. The molecule has 0 aliphatic rings.